The summed E-state index contributed by atoms with van der Waals surface area (Å²) in [5.41, 5.74) is 1.38. The Hall–Kier alpha value is -0.540. The van der Waals surface area contributed by atoms with Gasteiger partial charge in [0.1, 0.15) is 0 Å². The predicted molar refractivity (Wildman–Crippen MR) is 82.7 cm³/mol. The summed E-state index contributed by atoms with van der Waals surface area (Å²) in [5, 5.41) is 8.81. The zero-order valence-electron chi connectivity index (χ0n) is 13.1. The average molecular weight is 286 g/mol. The molecule has 0 bridgehead atoms. The van der Waals surface area contributed by atoms with E-state index in [0.717, 1.165) is 30.1 Å². The largest absolute Gasteiger partial charge is 0.309 e. The molecule has 4 heteroatoms. The second kappa shape index (κ2) is 6.76. The molecule has 110 valence electrons. The quantitative estimate of drug-likeness (QED) is 0.828. The molecule has 1 rings (SSSR count). The number of nitrogens with one attached hydrogen (secondary N) is 1. The number of aromatic nitrogens is 2. The lowest BCUT2D eigenvalue weighted by Crippen LogP contribution is -2.29. The van der Waals surface area contributed by atoms with Gasteiger partial charge in [-0.1, -0.05) is 39.3 Å². The number of halogens is 1. The Kier molecular flexibility index (Phi) is 5.87. The number of hydrogen-bond donors (Lipinski definition) is 1. The number of hydrogen-bond acceptors (Lipinski definition) is 2. The molecule has 0 aliphatic rings. The lowest BCUT2D eigenvalue weighted by molar-refractivity contribution is 0.298. The van der Waals surface area contributed by atoms with Gasteiger partial charge in [0.15, 0.2) is 0 Å². The Bertz CT molecular complexity index is 391. The summed E-state index contributed by atoms with van der Waals surface area (Å²) in [6, 6.07) is 0.589. The Morgan fingerprint density at radius 2 is 2.00 bits per heavy atom. The van der Waals surface area contributed by atoms with Gasteiger partial charge in [0.05, 0.1) is 23.0 Å². The monoisotopic (exact) mass is 285 g/mol. The van der Waals surface area contributed by atoms with Crippen molar-refractivity contribution in [2.24, 2.45) is 5.41 Å². The Labute approximate surface area is 122 Å². The first-order valence-electron chi connectivity index (χ1n) is 7.22. The van der Waals surface area contributed by atoms with E-state index in [9.17, 15) is 0 Å². The number of rotatable bonds is 6. The maximum Gasteiger partial charge on any atom is 0.0834 e. The molecule has 3 nitrogen and oxygen atoms in total. The minimum atomic E-state index is 0.251. The molecule has 0 aliphatic heterocycles. The van der Waals surface area contributed by atoms with Gasteiger partial charge in [-0.15, -0.1) is 0 Å². The third-order valence-corrected chi connectivity index (χ3v) is 3.35. The minimum Gasteiger partial charge on any atom is -0.309 e. The summed E-state index contributed by atoms with van der Waals surface area (Å²) in [4.78, 5) is 0. The van der Waals surface area contributed by atoms with Crippen LogP contribution in [0.3, 0.4) is 0 Å². The van der Waals surface area contributed by atoms with Gasteiger partial charge in [0, 0.05) is 6.04 Å². The van der Waals surface area contributed by atoms with Crippen LogP contribution in [0.2, 0.25) is 5.02 Å². The fourth-order valence-corrected chi connectivity index (χ4v) is 2.55. The van der Waals surface area contributed by atoms with Crippen LogP contribution in [0.5, 0.6) is 0 Å². The average Bonchev–Trinajstić information content (AvgIpc) is 2.65. The molecule has 19 heavy (non-hydrogen) atoms. The van der Waals surface area contributed by atoms with E-state index in [4.69, 9.17) is 11.6 Å². The molecular formula is C15H28ClN3. The lowest BCUT2D eigenvalue weighted by atomic mass is 9.86. The van der Waals surface area contributed by atoms with E-state index < -0.39 is 0 Å². The van der Waals surface area contributed by atoms with Crippen molar-refractivity contribution in [3.63, 3.8) is 0 Å². The molecule has 1 N–H and O–H groups in total. The van der Waals surface area contributed by atoms with Crippen molar-refractivity contribution in [1.82, 2.24) is 15.1 Å². The van der Waals surface area contributed by atoms with Gasteiger partial charge >= 0.3 is 0 Å². The SMILES string of the molecule is CCCNC(CC(C)(C)C)c1c(Cl)cnn1C(C)C. The van der Waals surface area contributed by atoms with Gasteiger partial charge in [-0.05, 0) is 38.6 Å². The van der Waals surface area contributed by atoms with Gasteiger partial charge in [-0.25, -0.2) is 0 Å². The summed E-state index contributed by atoms with van der Waals surface area (Å²) in [7, 11) is 0. The van der Waals surface area contributed by atoms with E-state index in [1.54, 1.807) is 6.20 Å². The molecule has 1 aromatic rings. The zero-order valence-corrected chi connectivity index (χ0v) is 13.9. The maximum atomic E-state index is 6.37. The summed E-state index contributed by atoms with van der Waals surface area (Å²) < 4.78 is 2.04. The summed E-state index contributed by atoms with van der Waals surface area (Å²) in [6.45, 7) is 14.2. The first kappa shape index (κ1) is 16.5. The van der Waals surface area contributed by atoms with Crippen molar-refractivity contribution < 1.29 is 0 Å². The molecule has 0 saturated heterocycles. The van der Waals surface area contributed by atoms with Crippen molar-refractivity contribution in [2.75, 3.05) is 6.54 Å². The highest BCUT2D eigenvalue weighted by Crippen LogP contribution is 2.34. The molecule has 0 aromatic carbocycles. The first-order chi connectivity index (χ1) is 8.76. The fourth-order valence-electron chi connectivity index (χ4n) is 2.28. The smallest absolute Gasteiger partial charge is 0.0834 e. The zero-order chi connectivity index (χ0) is 14.6. The molecule has 1 aromatic heterocycles. The maximum absolute atomic E-state index is 6.37. The molecule has 1 heterocycles. The number of nitrogens with zero attached hydrogens (tertiary/aromatic N) is 2. The van der Waals surface area contributed by atoms with Crippen LogP contribution in [-0.2, 0) is 0 Å². The van der Waals surface area contributed by atoms with Crippen LogP contribution in [0, 0.1) is 5.41 Å². The second-order valence-corrected chi connectivity index (χ2v) is 7.09. The summed E-state index contributed by atoms with van der Waals surface area (Å²) >= 11 is 6.37. The Morgan fingerprint density at radius 3 is 2.47 bits per heavy atom. The third kappa shape index (κ3) is 4.81. The molecule has 0 spiro atoms. The van der Waals surface area contributed by atoms with E-state index in [2.05, 4.69) is 52.0 Å². The van der Waals surface area contributed by atoms with E-state index in [-0.39, 0.29) is 11.5 Å². The van der Waals surface area contributed by atoms with Gasteiger partial charge in [0.2, 0.25) is 0 Å². The van der Waals surface area contributed by atoms with E-state index in [1.807, 2.05) is 4.68 Å². The Morgan fingerprint density at radius 1 is 1.37 bits per heavy atom. The summed E-state index contributed by atoms with van der Waals surface area (Å²) in [6.07, 6.45) is 3.93. The van der Waals surface area contributed by atoms with Crippen molar-refractivity contribution in [3.05, 3.63) is 16.9 Å². The highest BCUT2D eigenvalue weighted by atomic mass is 35.5. The van der Waals surface area contributed by atoms with Gasteiger partial charge in [-0.2, -0.15) is 5.10 Å². The highest BCUT2D eigenvalue weighted by Gasteiger charge is 2.25. The van der Waals surface area contributed by atoms with Crippen molar-refractivity contribution in [1.29, 1.82) is 0 Å². The molecule has 0 radical (unpaired) electrons. The fraction of sp³-hybridized carbons (Fsp3) is 0.800. The second-order valence-electron chi connectivity index (χ2n) is 6.69. The standard InChI is InChI=1S/C15H28ClN3/c1-7-8-17-13(9-15(4,5)6)14-12(16)10-18-19(14)11(2)3/h10-11,13,17H,7-9H2,1-6H3. The van der Waals surface area contributed by atoms with E-state index in [0.29, 0.717) is 6.04 Å². The predicted octanol–water partition coefficient (Wildman–Crippen LogP) is 4.59. The molecular weight excluding hydrogens is 258 g/mol. The normalized spacial score (nSPS) is 14.1. The van der Waals surface area contributed by atoms with Crippen LogP contribution in [0.25, 0.3) is 0 Å². The van der Waals surface area contributed by atoms with Crippen LogP contribution >= 0.6 is 11.6 Å². The van der Waals surface area contributed by atoms with Crippen molar-refractivity contribution in [3.8, 4) is 0 Å². The Balaban J connectivity index is 3.05. The molecule has 1 atom stereocenters. The lowest BCUT2D eigenvalue weighted by Gasteiger charge is -2.28. The van der Waals surface area contributed by atoms with E-state index >= 15 is 0 Å². The third-order valence-electron chi connectivity index (χ3n) is 3.06. The van der Waals surface area contributed by atoms with Crippen LogP contribution in [0.4, 0.5) is 0 Å². The molecule has 0 saturated carbocycles. The molecule has 0 amide bonds. The molecule has 0 fully saturated rings. The van der Waals surface area contributed by atoms with Gasteiger partial charge in [-0.3, -0.25) is 4.68 Å². The van der Waals surface area contributed by atoms with Crippen molar-refractivity contribution in [2.45, 2.75) is 66.5 Å². The summed E-state index contributed by atoms with van der Waals surface area (Å²) in [5.74, 6) is 0. The first-order valence-corrected chi connectivity index (χ1v) is 7.60. The van der Waals surface area contributed by atoms with Crippen LogP contribution in [0.15, 0.2) is 6.20 Å². The molecule has 1 unspecified atom stereocenters. The minimum absolute atomic E-state index is 0.251. The van der Waals surface area contributed by atoms with Crippen LogP contribution in [0.1, 0.15) is 72.2 Å². The van der Waals surface area contributed by atoms with Gasteiger partial charge < -0.3 is 5.32 Å². The van der Waals surface area contributed by atoms with Crippen LogP contribution < -0.4 is 5.32 Å². The van der Waals surface area contributed by atoms with Crippen LogP contribution in [-0.4, -0.2) is 16.3 Å². The van der Waals surface area contributed by atoms with E-state index in [1.165, 1.54) is 0 Å². The van der Waals surface area contributed by atoms with Gasteiger partial charge in [0.25, 0.3) is 0 Å². The highest BCUT2D eigenvalue weighted by molar-refractivity contribution is 6.31. The van der Waals surface area contributed by atoms with Crippen molar-refractivity contribution >= 4 is 11.6 Å². The molecule has 0 aliphatic carbocycles. The topological polar surface area (TPSA) is 29.9 Å².